The predicted molar refractivity (Wildman–Crippen MR) is 63.4 cm³/mol. The van der Waals surface area contributed by atoms with Gasteiger partial charge in [-0.1, -0.05) is 6.07 Å². The van der Waals surface area contributed by atoms with Crippen molar-refractivity contribution in [1.29, 1.82) is 0 Å². The molecule has 0 saturated carbocycles. The molecule has 0 saturated heterocycles. The number of oxazole rings is 1. The van der Waals surface area contributed by atoms with Crippen molar-refractivity contribution in [2.45, 2.75) is 25.8 Å². The molecule has 0 fully saturated rings. The van der Waals surface area contributed by atoms with Gasteiger partial charge in [-0.05, 0) is 38.0 Å². The van der Waals surface area contributed by atoms with Crippen LogP contribution in [0.15, 0.2) is 27.4 Å². The molecular formula is C12H16N2O2. The van der Waals surface area contributed by atoms with E-state index in [1.165, 1.54) is 4.57 Å². The number of hydrogen-bond acceptors (Lipinski definition) is 3. The molecule has 0 aliphatic carbocycles. The molecule has 1 aromatic heterocycles. The van der Waals surface area contributed by atoms with E-state index in [1.54, 1.807) is 7.05 Å². The Kier molecular flexibility index (Phi) is 2.39. The molecule has 0 aliphatic heterocycles. The van der Waals surface area contributed by atoms with Crippen LogP contribution < -0.4 is 11.5 Å². The second-order valence-electron chi connectivity index (χ2n) is 4.89. The van der Waals surface area contributed by atoms with Crippen molar-refractivity contribution in [2.75, 3.05) is 0 Å². The lowest BCUT2D eigenvalue weighted by Gasteiger charge is -2.18. The highest BCUT2D eigenvalue weighted by Gasteiger charge is 2.13. The normalized spacial score (nSPS) is 12.2. The third-order valence-electron chi connectivity index (χ3n) is 2.52. The van der Waals surface area contributed by atoms with Gasteiger partial charge < -0.3 is 10.2 Å². The topological polar surface area (TPSA) is 61.2 Å². The first kappa shape index (κ1) is 11.0. The Morgan fingerprint density at radius 3 is 2.75 bits per heavy atom. The molecule has 0 radical (unpaired) electrons. The standard InChI is InChI=1S/C12H16N2O2/c1-12(2,13)7-8-4-5-10-9(6-8)14(3)11(15)16-10/h4-6H,7,13H2,1-3H3. The van der Waals surface area contributed by atoms with Crippen molar-refractivity contribution in [1.82, 2.24) is 4.57 Å². The summed E-state index contributed by atoms with van der Waals surface area (Å²) in [6, 6.07) is 5.71. The molecule has 0 bridgehead atoms. The SMILES string of the molecule is Cn1c(=O)oc2ccc(CC(C)(C)N)cc21. The Bertz CT molecular complexity index is 573. The van der Waals surface area contributed by atoms with E-state index >= 15 is 0 Å². The van der Waals surface area contributed by atoms with Gasteiger partial charge in [-0.2, -0.15) is 0 Å². The van der Waals surface area contributed by atoms with Gasteiger partial charge in [0.2, 0.25) is 0 Å². The van der Waals surface area contributed by atoms with Crippen molar-refractivity contribution in [2.24, 2.45) is 12.8 Å². The number of rotatable bonds is 2. The van der Waals surface area contributed by atoms with E-state index in [1.807, 2.05) is 32.0 Å². The number of nitrogens with zero attached hydrogens (tertiary/aromatic N) is 1. The minimum absolute atomic E-state index is 0.254. The fraction of sp³-hybridized carbons (Fsp3) is 0.417. The van der Waals surface area contributed by atoms with Crippen molar-refractivity contribution in [3.05, 3.63) is 34.3 Å². The summed E-state index contributed by atoms with van der Waals surface area (Å²) >= 11 is 0. The molecule has 4 nitrogen and oxygen atoms in total. The van der Waals surface area contributed by atoms with Crippen LogP contribution in [0.3, 0.4) is 0 Å². The Labute approximate surface area is 93.7 Å². The summed E-state index contributed by atoms with van der Waals surface area (Å²) in [5.41, 5.74) is 8.25. The van der Waals surface area contributed by atoms with E-state index in [9.17, 15) is 4.79 Å². The van der Waals surface area contributed by atoms with Crippen LogP contribution >= 0.6 is 0 Å². The molecule has 2 N–H and O–H groups in total. The van der Waals surface area contributed by atoms with E-state index in [0.29, 0.717) is 5.58 Å². The van der Waals surface area contributed by atoms with Crippen molar-refractivity contribution in [3.63, 3.8) is 0 Å². The molecule has 0 amide bonds. The van der Waals surface area contributed by atoms with Crippen molar-refractivity contribution in [3.8, 4) is 0 Å². The van der Waals surface area contributed by atoms with E-state index in [-0.39, 0.29) is 11.3 Å². The molecule has 16 heavy (non-hydrogen) atoms. The minimum atomic E-state index is -0.334. The van der Waals surface area contributed by atoms with Crippen LogP contribution in [-0.2, 0) is 13.5 Å². The molecule has 2 rings (SSSR count). The van der Waals surface area contributed by atoms with Crippen LogP contribution in [0.25, 0.3) is 11.1 Å². The number of benzene rings is 1. The summed E-state index contributed by atoms with van der Waals surface area (Å²) in [6.07, 6.45) is 0.766. The molecule has 0 atom stereocenters. The smallest absolute Gasteiger partial charge is 0.408 e. The molecule has 0 spiro atoms. The lowest BCUT2D eigenvalue weighted by atomic mass is 9.96. The number of aromatic nitrogens is 1. The van der Waals surface area contributed by atoms with Crippen LogP contribution in [0.2, 0.25) is 0 Å². The fourth-order valence-electron chi connectivity index (χ4n) is 1.81. The third kappa shape index (κ3) is 2.02. The van der Waals surface area contributed by atoms with E-state index in [2.05, 4.69) is 0 Å². The minimum Gasteiger partial charge on any atom is -0.408 e. The van der Waals surface area contributed by atoms with Crippen LogP contribution in [0.5, 0.6) is 0 Å². The van der Waals surface area contributed by atoms with E-state index < -0.39 is 0 Å². The highest BCUT2D eigenvalue weighted by Crippen LogP contribution is 2.17. The number of hydrogen-bond donors (Lipinski definition) is 1. The summed E-state index contributed by atoms with van der Waals surface area (Å²) in [5, 5.41) is 0. The Morgan fingerprint density at radius 1 is 1.44 bits per heavy atom. The fourth-order valence-corrected chi connectivity index (χ4v) is 1.81. The molecule has 0 unspecified atom stereocenters. The number of nitrogens with two attached hydrogens (primary N) is 1. The molecule has 0 aliphatic rings. The zero-order chi connectivity index (χ0) is 11.9. The first-order chi connectivity index (χ1) is 7.37. The van der Waals surface area contributed by atoms with Gasteiger partial charge in [0.05, 0.1) is 5.52 Å². The first-order valence-corrected chi connectivity index (χ1v) is 5.24. The van der Waals surface area contributed by atoms with Gasteiger partial charge in [-0.25, -0.2) is 4.79 Å². The molecule has 4 heteroatoms. The highest BCUT2D eigenvalue weighted by molar-refractivity contribution is 5.73. The summed E-state index contributed by atoms with van der Waals surface area (Å²) in [6.45, 7) is 3.96. The van der Waals surface area contributed by atoms with Gasteiger partial charge in [0.1, 0.15) is 0 Å². The molecular weight excluding hydrogens is 204 g/mol. The van der Waals surface area contributed by atoms with Crippen LogP contribution in [0.1, 0.15) is 19.4 Å². The van der Waals surface area contributed by atoms with E-state index in [4.69, 9.17) is 10.2 Å². The molecule has 2 aromatic rings. The van der Waals surface area contributed by atoms with Crippen LogP contribution in [0, 0.1) is 0 Å². The maximum absolute atomic E-state index is 11.3. The van der Waals surface area contributed by atoms with Crippen LogP contribution in [-0.4, -0.2) is 10.1 Å². The summed E-state index contributed by atoms with van der Waals surface area (Å²) in [4.78, 5) is 11.3. The maximum Gasteiger partial charge on any atom is 0.419 e. The largest absolute Gasteiger partial charge is 0.419 e. The lowest BCUT2D eigenvalue weighted by Crippen LogP contribution is -2.34. The maximum atomic E-state index is 11.3. The Balaban J connectivity index is 2.51. The number of fused-ring (bicyclic) bond motifs is 1. The molecule has 86 valence electrons. The van der Waals surface area contributed by atoms with Gasteiger partial charge in [0.25, 0.3) is 0 Å². The second kappa shape index (κ2) is 3.49. The zero-order valence-electron chi connectivity index (χ0n) is 9.78. The van der Waals surface area contributed by atoms with Gasteiger partial charge in [-0.15, -0.1) is 0 Å². The molecule has 1 aromatic carbocycles. The Morgan fingerprint density at radius 2 is 2.12 bits per heavy atom. The summed E-state index contributed by atoms with van der Waals surface area (Å²) in [5.74, 6) is -0.334. The monoisotopic (exact) mass is 220 g/mol. The van der Waals surface area contributed by atoms with Gasteiger partial charge in [0, 0.05) is 12.6 Å². The Hall–Kier alpha value is -1.55. The lowest BCUT2D eigenvalue weighted by molar-refractivity contribution is 0.516. The average Bonchev–Trinajstić information content (AvgIpc) is 2.42. The summed E-state index contributed by atoms with van der Waals surface area (Å²) < 4.78 is 6.56. The van der Waals surface area contributed by atoms with E-state index in [0.717, 1.165) is 17.5 Å². The predicted octanol–water partition coefficient (Wildman–Crippen LogP) is 1.41. The quantitative estimate of drug-likeness (QED) is 0.832. The van der Waals surface area contributed by atoms with Crippen LogP contribution in [0.4, 0.5) is 0 Å². The van der Waals surface area contributed by atoms with Crippen molar-refractivity contribution >= 4 is 11.1 Å². The highest BCUT2D eigenvalue weighted by atomic mass is 16.4. The van der Waals surface area contributed by atoms with Crippen molar-refractivity contribution < 1.29 is 4.42 Å². The average molecular weight is 220 g/mol. The van der Waals surface area contributed by atoms with Gasteiger partial charge >= 0.3 is 5.76 Å². The second-order valence-corrected chi connectivity index (χ2v) is 4.89. The van der Waals surface area contributed by atoms with Gasteiger partial charge in [-0.3, -0.25) is 4.57 Å². The summed E-state index contributed by atoms with van der Waals surface area (Å²) in [7, 11) is 1.70. The zero-order valence-corrected chi connectivity index (χ0v) is 9.78. The first-order valence-electron chi connectivity index (χ1n) is 5.24. The third-order valence-corrected chi connectivity index (χ3v) is 2.52. The molecule has 1 heterocycles. The number of aryl methyl sites for hydroxylation is 1. The van der Waals surface area contributed by atoms with Gasteiger partial charge in [0.15, 0.2) is 5.58 Å².